The normalized spacial score (nSPS) is 12.8. The van der Waals surface area contributed by atoms with Gasteiger partial charge in [0.1, 0.15) is 0 Å². The standard InChI is InChI=1S/C12H22NSi2.Li/c1-14(2,3)13(15(4,5)6)12-10-8-7-9-11-12;/h8-11H,1-6H3;. The van der Waals surface area contributed by atoms with E-state index in [1.807, 2.05) is 0 Å². The molecule has 0 aliphatic rings. The summed E-state index contributed by atoms with van der Waals surface area (Å²) in [5, 5.41) is 0. The molecular weight excluding hydrogens is 221 g/mol. The van der Waals surface area contributed by atoms with E-state index in [-0.39, 0.29) is 0 Å². The zero-order valence-corrected chi connectivity index (χ0v) is 13.8. The van der Waals surface area contributed by atoms with Crippen LogP contribution < -0.4 is 8.47 Å². The van der Waals surface area contributed by atoms with Gasteiger partial charge in [-0.1, -0.05) is 0 Å². The molecule has 0 fully saturated rings. The van der Waals surface area contributed by atoms with Crippen molar-refractivity contribution >= 4 is 44.1 Å². The maximum absolute atomic E-state index is 2.75. The van der Waals surface area contributed by atoms with Crippen molar-refractivity contribution in [2.75, 3.05) is 4.23 Å². The van der Waals surface area contributed by atoms with Crippen LogP contribution in [0.5, 0.6) is 0 Å². The molecule has 0 heterocycles. The van der Waals surface area contributed by atoms with Crippen molar-refractivity contribution in [1.82, 2.24) is 0 Å². The number of anilines is 1. The van der Waals surface area contributed by atoms with Gasteiger partial charge in [-0.3, -0.25) is 0 Å². The third-order valence-corrected chi connectivity index (χ3v) is 9.86. The number of rotatable bonds is 3. The minimum atomic E-state index is -1.29. The van der Waals surface area contributed by atoms with Gasteiger partial charge < -0.3 is 0 Å². The first-order valence-corrected chi connectivity index (χ1v) is 12.9. The molecule has 0 atom stereocenters. The molecule has 0 bridgehead atoms. The van der Waals surface area contributed by atoms with Crippen molar-refractivity contribution in [3.05, 3.63) is 24.3 Å². The van der Waals surface area contributed by atoms with Gasteiger partial charge in [0.25, 0.3) is 0 Å². The number of hydrogen-bond donors (Lipinski definition) is 0. The van der Waals surface area contributed by atoms with E-state index in [0.717, 1.165) is 0 Å². The predicted octanol–water partition coefficient (Wildman–Crippen LogP) is 2.96. The van der Waals surface area contributed by atoms with Crippen molar-refractivity contribution in [1.29, 1.82) is 0 Å². The summed E-state index contributed by atoms with van der Waals surface area (Å²) in [4.78, 5) is 0. The quantitative estimate of drug-likeness (QED) is 0.738. The van der Waals surface area contributed by atoms with E-state index in [0.29, 0.717) is 0 Å². The molecule has 1 aromatic carbocycles. The van der Waals surface area contributed by atoms with Gasteiger partial charge in [-0.05, 0) is 0 Å². The molecule has 0 amide bonds. The Labute approximate surface area is 112 Å². The van der Waals surface area contributed by atoms with Crippen molar-refractivity contribution in [3.63, 3.8) is 0 Å². The van der Waals surface area contributed by atoms with Crippen molar-refractivity contribution in [2.24, 2.45) is 0 Å². The van der Waals surface area contributed by atoms with E-state index >= 15 is 0 Å². The molecule has 0 N–H and O–H groups in total. The van der Waals surface area contributed by atoms with E-state index in [9.17, 15) is 0 Å². The summed E-state index contributed by atoms with van der Waals surface area (Å²) in [6.07, 6.45) is 0. The second kappa shape index (κ2) is 4.74. The Morgan fingerprint density at radius 3 is 1.50 bits per heavy atom. The van der Waals surface area contributed by atoms with Crippen molar-refractivity contribution in [2.45, 2.75) is 39.3 Å². The molecule has 1 nitrogen and oxygen atoms in total. The second-order valence-corrected chi connectivity index (χ2v) is 16.5. The van der Waals surface area contributed by atoms with Gasteiger partial charge in [0.05, 0.1) is 0 Å². The molecule has 4 heteroatoms. The third-order valence-electron chi connectivity index (χ3n) is 2.63. The first-order chi connectivity index (χ1) is 7.12. The SMILES string of the molecule is [Li][c]1ccc(N([Si](C)(C)C)[Si](C)(C)C)cc1. The zero-order chi connectivity index (χ0) is 12.6. The summed E-state index contributed by atoms with van der Waals surface area (Å²) in [5.41, 5.74) is 1.42. The van der Waals surface area contributed by atoms with Crippen LogP contribution in [0.4, 0.5) is 5.69 Å². The van der Waals surface area contributed by atoms with Crippen LogP contribution in [0.3, 0.4) is 0 Å². The van der Waals surface area contributed by atoms with Crippen LogP contribution in [-0.4, -0.2) is 34.2 Å². The molecule has 1 rings (SSSR count). The molecular formula is C12H22LiNSi2. The Bertz CT molecular complexity index is 335. The number of benzene rings is 1. The third kappa shape index (κ3) is 3.53. The molecule has 0 radical (unpaired) electrons. The Morgan fingerprint density at radius 2 is 1.19 bits per heavy atom. The van der Waals surface area contributed by atoms with Crippen LogP contribution in [0, 0.1) is 0 Å². The van der Waals surface area contributed by atoms with E-state index < -0.39 is 16.5 Å². The topological polar surface area (TPSA) is 3.24 Å². The molecule has 1 aromatic rings. The van der Waals surface area contributed by atoms with Crippen molar-refractivity contribution < 1.29 is 0 Å². The first-order valence-electron chi connectivity index (χ1n) is 5.99. The first kappa shape index (κ1) is 14.1. The predicted molar refractivity (Wildman–Crippen MR) is 81.0 cm³/mol. The zero-order valence-electron chi connectivity index (χ0n) is 11.8. The monoisotopic (exact) mass is 243 g/mol. The fraction of sp³-hybridized carbons (Fsp3) is 0.500. The summed E-state index contributed by atoms with van der Waals surface area (Å²) in [6.45, 7) is 14.6. The van der Waals surface area contributed by atoms with Gasteiger partial charge in [0.15, 0.2) is 0 Å². The van der Waals surface area contributed by atoms with E-state index in [4.69, 9.17) is 0 Å². The molecule has 0 saturated heterocycles. The van der Waals surface area contributed by atoms with Gasteiger partial charge in [0, 0.05) is 0 Å². The summed E-state index contributed by atoms with van der Waals surface area (Å²) in [5.74, 6) is 0. The Morgan fingerprint density at radius 1 is 0.812 bits per heavy atom. The van der Waals surface area contributed by atoms with Gasteiger partial charge in [-0.2, -0.15) is 0 Å². The Kier molecular flexibility index (Phi) is 4.18. The van der Waals surface area contributed by atoms with Crippen LogP contribution in [0.1, 0.15) is 0 Å². The molecule has 0 saturated carbocycles. The average molecular weight is 243 g/mol. The summed E-state index contributed by atoms with van der Waals surface area (Å²) < 4.78 is 4.09. The number of nitrogens with zero attached hydrogens (tertiary/aromatic N) is 1. The average Bonchev–Trinajstić information content (AvgIpc) is 2.03. The van der Waals surface area contributed by atoms with Gasteiger partial charge in [0.2, 0.25) is 0 Å². The van der Waals surface area contributed by atoms with E-state index in [1.165, 1.54) is 9.92 Å². The fourth-order valence-corrected chi connectivity index (χ4v) is 12.4. The van der Waals surface area contributed by atoms with Gasteiger partial charge >= 0.3 is 112 Å². The van der Waals surface area contributed by atoms with E-state index in [2.05, 4.69) is 85.5 Å². The summed E-state index contributed by atoms with van der Waals surface area (Å²) in [7, 11) is -2.57. The van der Waals surface area contributed by atoms with Gasteiger partial charge in [-0.15, -0.1) is 0 Å². The molecule has 84 valence electrons. The van der Waals surface area contributed by atoms with Crippen LogP contribution in [0.15, 0.2) is 24.3 Å². The van der Waals surface area contributed by atoms with Crippen molar-refractivity contribution in [3.8, 4) is 0 Å². The Balaban J connectivity index is 3.18. The second-order valence-electron chi connectivity index (χ2n) is 6.51. The molecule has 0 aliphatic heterocycles. The summed E-state index contributed by atoms with van der Waals surface area (Å²) >= 11 is 2.15. The molecule has 0 unspecified atom stereocenters. The summed E-state index contributed by atoms with van der Waals surface area (Å²) in [6, 6.07) is 9.02. The molecule has 0 aliphatic carbocycles. The number of hydrogen-bond acceptors (Lipinski definition) is 1. The van der Waals surface area contributed by atoms with Crippen LogP contribution in [-0.2, 0) is 0 Å². The van der Waals surface area contributed by atoms with Crippen LogP contribution in [0.25, 0.3) is 0 Å². The van der Waals surface area contributed by atoms with Gasteiger partial charge in [-0.25, -0.2) is 0 Å². The Hall–Kier alpha value is 0.0512. The van der Waals surface area contributed by atoms with E-state index in [1.54, 1.807) is 0 Å². The minimum absolute atomic E-state index is 1.29. The molecule has 0 aromatic heterocycles. The van der Waals surface area contributed by atoms with Crippen LogP contribution in [0.2, 0.25) is 39.3 Å². The maximum atomic E-state index is 2.75. The van der Waals surface area contributed by atoms with Crippen LogP contribution >= 0.6 is 0 Å². The fourth-order valence-electron chi connectivity index (χ4n) is 2.47. The molecule has 16 heavy (non-hydrogen) atoms. The molecule has 0 spiro atoms.